The third kappa shape index (κ3) is 1.56. The molecule has 1 saturated carbocycles. The van der Waals surface area contributed by atoms with E-state index in [9.17, 15) is 4.79 Å². The second-order valence-corrected chi connectivity index (χ2v) is 6.40. The highest BCUT2D eigenvalue weighted by molar-refractivity contribution is 7.80. The fourth-order valence-corrected chi connectivity index (χ4v) is 3.93. The van der Waals surface area contributed by atoms with E-state index in [1.54, 1.807) is 0 Å². The van der Waals surface area contributed by atoms with Gasteiger partial charge in [-0.05, 0) is 41.5 Å². The molecule has 1 amide bonds. The van der Waals surface area contributed by atoms with Gasteiger partial charge in [0.2, 0.25) is 0 Å². The number of hydrogen-bond donors (Lipinski definition) is 1. The van der Waals surface area contributed by atoms with Crippen molar-refractivity contribution < 1.29 is 4.79 Å². The summed E-state index contributed by atoms with van der Waals surface area (Å²) in [6.45, 7) is 0.809. The molecule has 102 valence electrons. The van der Waals surface area contributed by atoms with E-state index in [2.05, 4.69) is 30.8 Å². The predicted octanol–water partition coefficient (Wildman–Crippen LogP) is 3.90. The molecule has 0 spiro atoms. The van der Waals surface area contributed by atoms with Crippen LogP contribution in [0.2, 0.25) is 0 Å². The Labute approximate surface area is 124 Å². The van der Waals surface area contributed by atoms with Gasteiger partial charge in [-0.1, -0.05) is 30.7 Å². The van der Waals surface area contributed by atoms with Crippen LogP contribution in [-0.2, 0) is 0 Å². The average molecular weight is 283 g/mol. The Kier molecular flexibility index (Phi) is 2.61. The molecular weight excluding hydrogens is 266 g/mol. The number of amides is 1. The number of hydrogen-bond acceptors (Lipinski definition) is 2. The van der Waals surface area contributed by atoms with Gasteiger partial charge in [-0.15, -0.1) is 0 Å². The van der Waals surface area contributed by atoms with Gasteiger partial charge in [-0.2, -0.15) is 12.6 Å². The molecule has 0 N–H and O–H groups in total. The molecule has 0 aromatic heterocycles. The molecule has 2 nitrogen and oxygen atoms in total. The van der Waals surface area contributed by atoms with E-state index in [0.717, 1.165) is 34.3 Å². The maximum atomic E-state index is 12.7. The quantitative estimate of drug-likeness (QED) is 0.847. The number of carbonyl (C=O) groups is 1. The van der Waals surface area contributed by atoms with Crippen LogP contribution in [0.3, 0.4) is 0 Å². The zero-order valence-electron chi connectivity index (χ0n) is 11.3. The second kappa shape index (κ2) is 4.26. The molecule has 1 aliphatic heterocycles. The minimum atomic E-state index is 0.157. The van der Waals surface area contributed by atoms with Gasteiger partial charge in [-0.25, -0.2) is 0 Å². The van der Waals surface area contributed by atoms with Gasteiger partial charge in [0.15, 0.2) is 0 Å². The Morgan fingerprint density at radius 1 is 1.15 bits per heavy atom. The zero-order valence-corrected chi connectivity index (χ0v) is 12.2. The summed E-state index contributed by atoms with van der Waals surface area (Å²) >= 11 is 4.52. The number of rotatable bonds is 3. The van der Waals surface area contributed by atoms with Crippen molar-refractivity contribution in [1.82, 2.24) is 0 Å². The minimum absolute atomic E-state index is 0.157. The highest BCUT2D eigenvalue weighted by atomic mass is 32.1. The van der Waals surface area contributed by atoms with Crippen molar-refractivity contribution in [3.05, 3.63) is 42.0 Å². The SMILES string of the molecule is O=C1c2cccc3cccc(c23)N1CC1(CS)CCC1. The Balaban J connectivity index is 1.81. The van der Waals surface area contributed by atoms with Crippen LogP contribution in [0.4, 0.5) is 5.69 Å². The van der Waals surface area contributed by atoms with Crippen LogP contribution in [0, 0.1) is 5.41 Å². The first-order valence-electron chi connectivity index (χ1n) is 7.19. The fourth-order valence-electron chi connectivity index (χ4n) is 3.51. The van der Waals surface area contributed by atoms with Crippen molar-refractivity contribution >= 4 is 35.0 Å². The zero-order chi connectivity index (χ0) is 13.7. The molecular formula is C17H17NOS. The first kappa shape index (κ1) is 12.3. The van der Waals surface area contributed by atoms with E-state index >= 15 is 0 Å². The summed E-state index contributed by atoms with van der Waals surface area (Å²) in [6.07, 6.45) is 3.64. The highest BCUT2D eigenvalue weighted by Gasteiger charge is 2.41. The Morgan fingerprint density at radius 3 is 2.55 bits per heavy atom. The van der Waals surface area contributed by atoms with Crippen LogP contribution in [0.1, 0.15) is 29.6 Å². The molecule has 20 heavy (non-hydrogen) atoms. The molecule has 1 fully saturated rings. The van der Waals surface area contributed by atoms with Crippen LogP contribution < -0.4 is 4.90 Å². The van der Waals surface area contributed by atoms with Gasteiger partial charge >= 0.3 is 0 Å². The Hall–Kier alpha value is -1.48. The largest absolute Gasteiger partial charge is 0.307 e. The Bertz CT molecular complexity index is 694. The fraction of sp³-hybridized carbons (Fsp3) is 0.353. The summed E-state index contributed by atoms with van der Waals surface area (Å²) in [6, 6.07) is 12.2. The normalized spacial score (nSPS) is 19.4. The molecule has 2 aromatic carbocycles. The molecule has 2 aromatic rings. The average Bonchev–Trinajstić information content (AvgIpc) is 2.70. The number of nitrogens with zero attached hydrogens (tertiary/aromatic N) is 1. The van der Waals surface area contributed by atoms with Crippen molar-refractivity contribution in [3.63, 3.8) is 0 Å². The van der Waals surface area contributed by atoms with E-state index in [0.29, 0.717) is 0 Å². The Morgan fingerprint density at radius 2 is 1.90 bits per heavy atom. The molecule has 0 radical (unpaired) electrons. The summed E-state index contributed by atoms with van der Waals surface area (Å²) in [7, 11) is 0. The molecule has 3 heteroatoms. The first-order valence-corrected chi connectivity index (χ1v) is 7.82. The third-order valence-corrected chi connectivity index (χ3v) is 5.56. The van der Waals surface area contributed by atoms with Crippen molar-refractivity contribution in [2.24, 2.45) is 5.41 Å². The van der Waals surface area contributed by atoms with Gasteiger partial charge in [0, 0.05) is 17.5 Å². The molecule has 1 heterocycles. The summed E-state index contributed by atoms with van der Waals surface area (Å²) in [5.41, 5.74) is 2.16. The van der Waals surface area contributed by atoms with E-state index in [4.69, 9.17) is 0 Å². The van der Waals surface area contributed by atoms with Gasteiger partial charge in [0.25, 0.3) is 5.91 Å². The number of carbonyl (C=O) groups excluding carboxylic acids is 1. The summed E-state index contributed by atoms with van der Waals surface area (Å²) < 4.78 is 0. The topological polar surface area (TPSA) is 20.3 Å². The molecule has 0 unspecified atom stereocenters. The lowest BCUT2D eigenvalue weighted by molar-refractivity contribution is 0.0957. The van der Waals surface area contributed by atoms with Crippen molar-refractivity contribution in [1.29, 1.82) is 0 Å². The number of thiol groups is 1. The molecule has 0 bridgehead atoms. The molecule has 1 aliphatic carbocycles. The standard InChI is InChI=1S/C17H17NOS/c19-16-13-6-1-4-12-5-2-7-14(15(12)13)18(16)10-17(11-20)8-3-9-17/h1-2,4-7,20H,3,8-11H2. The summed E-state index contributed by atoms with van der Waals surface area (Å²) in [5, 5.41) is 2.28. The molecule has 2 aliphatic rings. The van der Waals surface area contributed by atoms with E-state index in [1.807, 2.05) is 23.1 Å². The van der Waals surface area contributed by atoms with Crippen molar-refractivity contribution in [3.8, 4) is 0 Å². The lowest BCUT2D eigenvalue weighted by atomic mass is 9.70. The lowest BCUT2D eigenvalue weighted by Crippen LogP contribution is -2.45. The van der Waals surface area contributed by atoms with Crippen LogP contribution in [-0.4, -0.2) is 18.2 Å². The molecule has 0 saturated heterocycles. The van der Waals surface area contributed by atoms with E-state index in [-0.39, 0.29) is 11.3 Å². The van der Waals surface area contributed by atoms with Gasteiger partial charge in [0.1, 0.15) is 0 Å². The second-order valence-electron chi connectivity index (χ2n) is 6.08. The minimum Gasteiger partial charge on any atom is -0.307 e. The van der Waals surface area contributed by atoms with Crippen LogP contribution in [0.25, 0.3) is 10.8 Å². The van der Waals surface area contributed by atoms with Crippen molar-refractivity contribution in [2.45, 2.75) is 19.3 Å². The monoisotopic (exact) mass is 283 g/mol. The van der Waals surface area contributed by atoms with Gasteiger partial charge in [-0.3, -0.25) is 4.79 Å². The number of benzene rings is 2. The number of anilines is 1. The van der Waals surface area contributed by atoms with E-state index in [1.165, 1.54) is 19.3 Å². The summed E-state index contributed by atoms with van der Waals surface area (Å²) in [5.74, 6) is 1.02. The highest BCUT2D eigenvalue weighted by Crippen LogP contribution is 2.46. The first-order chi connectivity index (χ1) is 9.74. The maximum absolute atomic E-state index is 12.7. The summed E-state index contributed by atoms with van der Waals surface area (Å²) in [4.78, 5) is 14.7. The molecule has 4 rings (SSSR count). The van der Waals surface area contributed by atoms with E-state index < -0.39 is 0 Å². The van der Waals surface area contributed by atoms with Crippen LogP contribution in [0.15, 0.2) is 36.4 Å². The molecule has 0 atom stereocenters. The van der Waals surface area contributed by atoms with Gasteiger partial charge in [0.05, 0.1) is 5.69 Å². The third-order valence-electron chi connectivity index (χ3n) is 4.89. The van der Waals surface area contributed by atoms with Crippen LogP contribution in [0.5, 0.6) is 0 Å². The predicted molar refractivity (Wildman–Crippen MR) is 85.8 cm³/mol. The van der Waals surface area contributed by atoms with Crippen LogP contribution >= 0.6 is 12.6 Å². The smallest absolute Gasteiger partial charge is 0.259 e. The lowest BCUT2D eigenvalue weighted by Gasteiger charge is -2.43. The van der Waals surface area contributed by atoms with Gasteiger partial charge < -0.3 is 4.90 Å². The maximum Gasteiger partial charge on any atom is 0.259 e. The van der Waals surface area contributed by atoms with Crippen molar-refractivity contribution in [2.75, 3.05) is 17.2 Å².